The molecule has 0 radical (unpaired) electrons. The molecule has 0 saturated carbocycles. The fourth-order valence-electron chi connectivity index (χ4n) is 4.01. The minimum atomic E-state index is -1.69. The van der Waals surface area contributed by atoms with E-state index in [4.69, 9.17) is 21.4 Å². The van der Waals surface area contributed by atoms with Gasteiger partial charge in [-0.25, -0.2) is 9.19 Å². The highest BCUT2D eigenvalue weighted by molar-refractivity contribution is 7.83. The van der Waals surface area contributed by atoms with Crippen molar-refractivity contribution in [2.24, 2.45) is 0 Å². The number of ether oxygens (including phenoxy) is 1. The molecule has 0 saturated heterocycles. The molecular weight excluding hydrogens is 530 g/mol. The van der Waals surface area contributed by atoms with Gasteiger partial charge in [0.1, 0.15) is 17.6 Å². The number of aliphatic carboxylic acids is 1. The van der Waals surface area contributed by atoms with E-state index in [-0.39, 0.29) is 18.9 Å². The van der Waals surface area contributed by atoms with E-state index in [0.29, 0.717) is 37.3 Å². The number of aromatic nitrogens is 2. The molecule has 1 atom stereocenters. The SMILES string of the molecule is N#Cc1sccc1-c1c(-c2cccc(OCCC(=O)O)n2)n(S(=O)c2ccc(Cl)cc2)c2ccccc12. The van der Waals surface area contributed by atoms with E-state index in [1.165, 1.54) is 11.3 Å². The second-order valence-electron chi connectivity index (χ2n) is 7.87. The number of carboxylic acid groups (broad SMARTS) is 1. The Balaban J connectivity index is 1.78. The van der Waals surface area contributed by atoms with Gasteiger partial charge < -0.3 is 9.84 Å². The van der Waals surface area contributed by atoms with Crippen molar-refractivity contribution in [1.82, 2.24) is 8.96 Å². The van der Waals surface area contributed by atoms with E-state index >= 15 is 0 Å². The van der Waals surface area contributed by atoms with Crippen LogP contribution in [0.3, 0.4) is 0 Å². The third-order valence-corrected chi connectivity index (χ3v) is 8.04. The molecule has 0 spiro atoms. The zero-order valence-corrected chi connectivity index (χ0v) is 21.5. The molecule has 1 unspecified atom stereocenters. The lowest BCUT2D eigenvalue weighted by molar-refractivity contribution is -0.137. The van der Waals surface area contributed by atoms with E-state index in [2.05, 4.69) is 11.1 Å². The number of para-hydroxylation sites is 1. The molecule has 7 nitrogen and oxygen atoms in total. The van der Waals surface area contributed by atoms with Crippen LogP contribution >= 0.6 is 22.9 Å². The molecule has 0 aliphatic carbocycles. The zero-order valence-electron chi connectivity index (χ0n) is 19.1. The second kappa shape index (κ2) is 10.6. The molecule has 0 aliphatic rings. The molecule has 10 heteroatoms. The van der Waals surface area contributed by atoms with Gasteiger partial charge in [-0.15, -0.1) is 11.3 Å². The summed E-state index contributed by atoms with van der Waals surface area (Å²) in [6.07, 6.45) is -0.168. The molecular formula is C27H18ClN3O4S2. The van der Waals surface area contributed by atoms with Gasteiger partial charge in [-0.1, -0.05) is 35.9 Å². The quantitative estimate of drug-likeness (QED) is 0.241. The number of halogens is 1. The van der Waals surface area contributed by atoms with Crippen LogP contribution in [0.4, 0.5) is 0 Å². The smallest absolute Gasteiger partial charge is 0.306 e. The lowest BCUT2D eigenvalue weighted by Gasteiger charge is -2.13. The number of hydrogen-bond donors (Lipinski definition) is 1. The summed E-state index contributed by atoms with van der Waals surface area (Å²) in [5.74, 6) is -0.733. The zero-order chi connectivity index (χ0) is 25.9. The maximum atomic E-state index is 14.1. The monoisotopic (exact) mass is 547 g/mol. The normalized spacial score (nSPS) is 11.8. The Bertz CT molecular complexity index is 1690. The van der Waals surface area contributed by atoms with Crippen LogP contribution in [-0.2, 0) is 15.8 Å². The van der Waals surface area contributed by atoms with Crippen molar-refractivity contribution < 1.29 is 18.8 Å². The number of nitrogens with zero attached hydrogens (tertiary/aromatic N) is 3. The summed E-state index contributed by atoms with van der Waals surface area (Å²) in [6, 6.07) is 23.6. The van der Waals surface area contributed by atoms with Crippen molar-refractivity contribution in [3.63, 3.8) is 0 Å². The van der Waals surface area contributed by atoms with E-state index < -0.39 is 17.0 Å². The fourth-order valence-corrected chi connectivity index (χ4v) is 6.09. The van der Waals surface area contributed by atoms with Gasteiger partial charge in [-0.2, -0.15) is 5.26 Å². The van der Waals surface area contributed by atoms with Crippen molar-refractivity contribution in [2.75, 3.05) is 6.61 Å². The fraction of sp³-hybridized carbons (Fsp3) is 0.0741. The van der Waals surface area contributed by atoms with Crippen LogP contribution in [0.25, 0.3) is 33.4 Å². The van der Waals surface area contributed by atoms with Crippen LogP contribution in [-0.4, -0.2) is 30.8 Å². The number of pyridine rings is 1. The third-order valence-electron chi connectivity index (χ3n) is 5.58. The Morgan fingerprint density at radius 2 is 1.89 bits per heavy atom. The van der Waals surface area contributed by atoms with Crippen LogP contribution in [0.1, 0.15) is 11.3 Å². The Labute approximate surface area is 223 Å². The maximum Gasteiger partial charge on any atom is 0.306 e. The molecule has 5 aromatic rings. The highest BCUT2D eigenvalue weighted by Gasteiger charge is 2.26. The van der Waals surface area contributed by atoms with Gasteiger partial charge in [-0.3, -0.25) is 8.77 Å². The number of rotatable bonds is 8. The number of hydrogen-bond acceptors (Lipinski definition) is 6. The van der Waals surface area contributed by atoms with Crippen LogP contribution < -0.4 is 4.74 Å². The predicted octanol–water partition coefficient (Wildman–Crippen LogP) is 6.38. The van der Waals surface area contributed by atoms with Crippen LogP contribution in [0.15, 0.2) is 83.1 Å². The largest absolute Gasteiger partial charge is 0.481 e. The van der Waals surface area contributed by atoms with Crippen molar-refractivity contribution in [3.05, 3.63) is 88.1 Å². The van der Waals surface area contributed by atoms with Crippen molar-refractivity contribution in [3.8, 4) is 34.5 Å². The molecule has 3 aromatic heterocycles. The second-order valence-corrected chi connectivity index (χ2v) is 10.6. The average Bonchev–Trinajstić information content (AvgIpc) is 3.50. The van der Waals surface area contributed by atoms with Crippen LogP contribution in [0, 0.1) is 11.3 Å². The third kappa shape index (κ3) is 4.87. The van der Waals surface area contributed by atoms with Crippen molar-refractivity contribution >= 4 is 50.8 Å². The Morgan fingerprint density at radius 1 is 1.11 bits per heavy atom. The summed E-state index contributed by atoms with van der Waals surface area (Å²) >= 11 is 7.40. The van der Waals surface area contributed by atoms with E-state index in [1.54, 1.807) is 46.4 Å². The minimum Gasteiger partial charge on any atom is -0.481 e. The Morgan fingerprint density at radius 3 is 2.65 bits per heavy atom. The Kier molecular flexibility index (Phi) is 7.06. The lowest BCUT2D eigenvalue weighted by Crippen LogP contribution is -2.09. The van der Waals surface area contributed by atoms with Gasteiger partial charge in [0.2, 0.25) is 5.88 Å². The highest BCUT2D eigenvalue weighted by Crippen LogP contribution is 2.44. The molecule has 0 aliphatic heterocycles. The number of nitriles is 1. The summed E-state index contributed by atoms with van der Waals surface area (Å²) in [6.45, 7) is -0.0402. The number of benzene rings is 2. The van der Waals surface area contributed by atoms with Gasteiger partial charge in [0.05, 0.1) is 28.2 Å². The summed E-state index contributed by atoms with van der Waals surface area (Å²) in [7, 11) is -1.69. The van der Waals surface area contributed by atoms with E-state index in [1.807, 2.05) is 35.7 Å². The molecule has 1 N–H and O–H groups in total. The molecule has 184 valence electrons. The van der Waals surface area contributed by atoms with Crippen LogP contribution in [0.2, 0.25) is 5.02 Å². The van der Waals surface area contributed by atoms with Gasteiger partial charge in [-0.05, 0) is 47.8 Å². The Hall–Kier alpha value is -3.97. The van der Waals surface area contributed by atoms with E-state index in [9.17, 15) is 14.3 Å². The first-order valence-electron chi connectivity index (χ1n) is 11.1. The summed E-state index contributed by atoms with van der Waals surface area (Å²) in [5.41, 5.74) is 3.16. The van der Waals surface area contributed by atoms with Gasteiger partial charge in [0.25, 0.3) is 0 Å². The van der Waals surface area contributed by atoms with Crippen molar-refractivity contribution in [2.45, 2.75) is 11.3 Å². The van der Waals surface area contributed by atoms with Gasteiger partial charge in [0, 0.05) is 27.6 Å². The summed E-state index contributed by atoms with van der Waals surface area (Å²) in [5, 5.41) is 21.9. The van der Waals surface area contributed by atoms with Crippen LogP contribution in [0.5, 0.6) is 5.88 Å². The first kappa shape index (κ1) is 24.7. The van der Waals surface area contributed by atoms with Gasteiger partial charge in [0.15, 0.2) is 11.0 Å². The number of thiophene rings is 1. The molecule has 2 aromatic carbocycles. The first-order chi connectivity index (χ1) is 18.0. The summed E-state index contributed by atoms with van der Waals surface area (Å²) in [4.78, 5) is 16.6. The average molecular weight is 548 g/mol. The predicted molar refractivity (Wildman–Crippen MR) is 144 cm³/mol. The maximum absolute atomic E-state index is 14.1. The minimum absolute atomic E-state index is 0.0402. The summed E-state index contributed by atoms with van der Waals surface area (Å²) < 4.78 is 21.4. The van der Waals surface area contributed by atoms with Crippen molar-refractivity contribution in [1.29, 1.82) is 5.26 Å². The number of fused-ring (bicyclic) bond motifs is 1. The van der Waals surface area contributed by atoms with E-state index in [0.717, 1.165) is 10.9 Å². The molecule has 0 amide bonds. The number of carboxylic acids is 1. The topological polar surface area (TPSA) is 105 Å². The first-order valence-corrected chi connectivity index (χ1v) is 13.5. The molecule has 0 bridgehead atoms. The number of carbonyl (C=O) groups is 1. The molecule has 3 heterocycles. The highest BCUT2D eigenvalue weighted by atomic mass is 35.5. The molecule has 0 fully saturated rings. The van der Waals surface area contributed by atoms with Gasteiger partial charge >= 0.3 is 5.97 Å². The molecule has 37 heavy (non-hydrogen) atoms. The lowest BCUT2D eigenvalue weighted by atomic mass is 10.0. The molecule has 5 rings (SSSR count). The standard InChI is InChI=1S/C27H18ClN3O4S2/c28-17-8-10-18(11-9-17)37(34)31-22-6-2-1-4-19(22)26(20-13-15-36-23(20)16-29)27(31)21-5-3-7-24(30-21)35-14-12-25(32)33/h1-11,13,15H,12,14H2,(H,32,33).